The molecular weight excluding hydrogens is 320 g/mol. The Hall–Kier alpha value is -2.28. The minimum Gasteiger partial charge on any atom is -0.367 e. The molecule has 1 aliphatic heterocycles. The molecule has 2 aliphatic rings. The van der Waals surface area contributed by atoms with Crippen LogP contribution in [0, 0.1) is 0 Å². The molecule has 3 heterocycles. The third-order valence-corrected chi connectivity index (χ3v) is 4.68. The fourth-order valence-electron chi connectivity index (χ4n) is 3.11. The number of nitrogens with zero attached hydrogens (tertiary/aromatic N) is 4. The first-order valence-corrected chi connectivity index (χ1v) is 8.88. The van der Waals surface area contributed by atoms with Crippen LogP contribution in [0.1, 0.15) is 48.9 Å². The molecule has 2 aromatic heterocycles. The van der Waals surface area contributed by atoms with Crippen molar-refractivity contribution in [2.24, 2.45) is 0 Å². The molecule has 2 fully saturated rings. The van der Waals surface area contributed by atoms with Crippen molar-refractivity contribution in [3.8, 4) is 0 Å². The minimum absolute atomic E-state index is 0.0165. The lowest BCUT2D eigenvalue weighted by Gasteiger charge is -2.32. The van der Waals surface area contributed by atoms with Crippen molar-refractivity contribution in [1.29, 1.82) is 0 Å². The lowest BCUT2D eigenvalue weighted by atomic mass is 10.1. The van der Waals surface area contributed by atoms with Gasteiger partial charge in [-0.1, -0.05) is 11.2 Å². The van der Waals surface area contributed by atoms with E-state index in [1.807, 2.05) is 17.0 Å². The van der Waals surface area contributed by atoms with Crippen LogP contribution in [0.15, 0.2) is 29.0 Å². The van der Waals surface area contributed by atoms with Gasteiger partial charge in [0.15, 0.2) is 5.82 Å². The number of aromatic nitrogens is 3. The highest BCUT2D eigenvalue weighted by Crippen LogP contribution is 2.38. The molecule has 4 rings (SSSR count). The maximum absolute atomic E-state index is 12.5. The number of carbonyl (C=O) groups is 1. The molecule has 0 spiro atoms. The van der Waals surface area contributed by atoms with Gasteiger partial charge in [0.05, 0.1) is 12.5 Å². The minimum atomic E-state index is 0.0165. The second kappa shape index (κ2) is 7.31. The van der Waals surface area contributed by atoms with Crippen LogP contribution in [0.5, 0.6) is 0 Å². The second-order valence-corrected chi connectivity index (χ2v) is 6.77. The summed E-state index contributed by atoms with van der Waals surface area (Å²) in [5.41, 5.74) is 0.939. The van der Waals surface area contributed by atoms with Crippen molar-refractivity contribution in [1.82, 2.24) is 20.0 Å². The number of rotatable bonds is 6. The molecule has 0 radical (unpaired) electrons. The van der Waals surface area contributed by atoms with Crippen LogP contribution in [0.2, 0.25) is 0 Å². The van der Waals surface area contributed by atoms with Crippen molar-refractivity contribution in [3.63, 3.8) is 0 Å². The normalized spacial score (nSPS) is 20.6. The average Bonchev–Trinajstić information content (AvgIpc) is 3.39. The van der Waals surface area contributed by atoms with Gasteiger partial charge in [0.1, 0.15) is 6.61 Å². The summed E-state index contributed by atoms with van der Waals surface area (Å²) in [5.74, 6) is 1.93. The SMILES string of the molecule is O=C(Cc1cccnc1)N1CCC[C@H](OCc2nc(C3CC3)no2)C1. The zero-order valence-corrected chi connectivity index (χ0v) is 14.1. The van der Waals surface area contributed by atoms with Crippen LogP contribution in [0.25, 0.3) is 0 Å². The third kappa shape index (κ3) is 4.22. The lowest BCUT2D eigenvalue weighted by molar-refractivity contribution is -0.135. The Kier molecular flexibility index (Phi) is 4.74. The van der Waals surface area contributed by atoms with E-state index in [2.05, 4.69) is 15.1 Å². The van der Waals surface area contributed by atoms with Gasteiger partial charge < -0.3 is 14.2 Å². The first kappa shape index (κ1) is 16.2. The zero-order chi connectivity index (χ0) is 17.1. The summed E-state index contributed by atoms with van der Waals surface area (Å²) >= 11 is 0. The van der Waals surface area contributed by atoms with Gasteiger partial charge in [-0.15, -0.1) is 0 Å². The highest BCUT2D eigenvalue weighted by atomic mass is 16.5. The topological polar surface area (TPSA) is 81.4 Å². The van der Waals surface area contributed by atoms with Crippen LogP contribution in [-0.4, -0.2) is 45.1 Å². The van der Waals surface area contributed by atoms with Crippen molar-refractivity contribution < 1.29 is 14.1 Å². The number of hydrogen-bond acceptors (Lipinski definition) is 6. The molecule has 1 aliphatic carbocycles. The van der Waals surface area contributed by atoms with Crippen LogP contribution in [-0.2, 0) is 22.6 Å². The zero-order valence-electron chi connectivity index (χ0n) is 14.1. The summed E-state index contributed by atoms with van der Waals surface area (Å²) < 4.78 is 11.1. The molecule has 0 unspecified atom stereocenters. The fraction of sp³-hybridized carbons (Fsp3) is 0.556. The van der Waals surface area contributed by atoms with Crippen molar-refractivity contribution in [3.05, 3.63) is 41.8 Å². The van der Waals surface area contributed by atoms with Crippen molar-refractivity contribution >= 4 is 5.91 Å². The first-order valence-electron chi connectivity index (χ1n) is 8.88. The molecule has 1 saturated heterocycles. The van der Waals surface area contributed by atoms with E-state index in [1.54, 1.807) is 12.4 Å². The summed E-state index contributed by atoms with van der Waals surface area (Å²) in [7, 11) is 0. The second-order valence-electron chi connectivity index (χ2n) is 6.77. The van der Waals surface area contributed by atoms with E-state index in [0.717, 1.165) is 43.6 Å². The average molecular weight is 342 g/mol. The van der Waals surface area contributed by atoms with E-state index in [4.69, 9.17) is 9.26 Å². The molecule has 1 saturated carbocycles. The number of ether oxygens (including phenoxy) is 1. The van der Waals surface area contributed by atoms with Crippen LogP contribution < -0.4 is 0 Å². The number of likely N-dealkylation sites (tertiary alicyclic amines) is 1. The van der Waals surface area contributed by atoms with Crippen molar-refractivity contribution in [2.45, 2.75) is 50.7 Å². The molecule has 25 heavy (non-hydrogen) atoms. The first-order chi connectivity index (χ1) is 12.3. The fourth-order valence-corrected chi connectivity index (χ4v) is 3.11. The number of amides is 1. The largest absolute Gasteiger partial charge is 0.367 e. The predicted octanol–water partition coefficient (Wildman–Crippen LogP) is 2.09. The van der Waals surface area contributed by atoms with Gasteiger partial charge in [-0.2, -0.15) is 4.98 Å². The molecule has 0 N–H and O–H groups in total. The summed E-state index contributed by atoms with van der Waals surface area (Å²) in [6, 6.07) is 3.78. The molecule has 7 nitrogen and oxygen atoms in total. The highest BCUT2D eigenvalue weighted by Gasteiger charge is 2.29. The van der Waals surface area contributed by atoms with E-state index >= 15 is 0 Å². The predicted molar refractivity (Wildman–Crippen MR) is 88.6 cm³/mol. The van der Waals surface area contributed by atoms with E-state index in [0.29, 0.717) is 31.4 Å². The summed E-state index contributed by atoms with van der Waals surface area (Å²) in [5, 5.41) is 4.00. The lowest BCUT2D eigenvalue weighted by Crippen LogP contribution is -2.43. The van der Waals surface area contributed by atoms with Crippen LogP contribution in [0.3, 0.4) is 0 Å². The van der Waals surface area contributed by atoms with Crippen LogP contribution >= 0.6 is 0 Å². The molecule has 132 valence electrons. The Balaban J connectivity index is 1.27. The van der Waals surface area contributed by atoms with Gasteiger partial charge >= 0.3 is 0 Å². The summed E-state index contributed by atoms with van der Waals surface area (Å²) in [6.07, 6.45) is 8.04. The Labute approximate surface area is 146 Å². The standard InChI is InChI=1S/C18H22N4O3/c23-17(9-13-3-1-7-19-10-13)22-8-2-4-15(11-22)24-12-16-20-18(21-25-16)14-5-6-14/h1,3,7,10,14-15H,2,4-6,8-9,11-12H2/t15-/m0/s1. The molecule has 0 aromatic carbocycles. The summed E-state index contributed by atoms with van der Waals surface area (Å²) in [6.45, 7) is 1.71. The van der Waals surface area contributed by atoms with E-state index in [9.17, 15) is 4.79 Å². The highest BCUT2D eigenvalue weighted by molar-refractivity contribution is 5.78. The molecule has 1 amide bonds. The maximum atomic E-state index is 12.5. The van der Waals surface area contributed by atoms with Gasteiger partial charge in [-0.25, -0.2) is 0 Å². The molecule has 0 bridgehead atoms. The summed E-state index contributed by atoms with van der Waals surface area (Å²) in [4.78, 5) is 22.8. The number of carbonyl (C=O) groups excluding carboxylic acids is 1. The Morgan fingerprint density at radius 1 is 1.36 bits per heavy atom. The van der Waals surface area contributed by atoms with Gasteiger partial charge in [0.25, 0.3) is 5.89 Å². The smallest absolute Gasteiger partial charge is 0.252 e. The number of piperidine rings is 1. The van der Waals surface area contributed by atoms with Crippen LogP contribution in [0.4, 0.5) is 0 Å². The Bertz CT molecular complexity index is 714. The third-order valence-electron chi connectivity index (χ3n) is 4.68. The molecule has 1 atom stereocenters. The Morgan fingerprint density at radius 3 is 3.08 bits per heavy atom. The van der Waals surface area contributed by atoms with Gasteiger partial charge in [0, 0.05) is 31.4 Å². The molecule has 7 heteroatoms. The molecule has 2 aromatic rings. The monoisotopic (exact) mass is 342 g/mol. The number of hydrogen-bond donors (Lipinski definition) is 0. The van der Waals surface area contributed by atoms with E-state index in [1.165, 1.54) is 0 Å². The molecular formula is C18H22N4O3. The Morgan fingerprint density at radius 2 is 2.28 bits per heavy atom. The van der Waals surface area contributed by atoms with Gasteiger partial charge in [0.2, 0.25) is 5.91 Å². The number of pyridine rings is 1. The van der Waals surface area contributed by atoms with Gasteiger partial charge in [-0.3, -0.25) is 9.78 Å². The van der Waals surface area contributed by atoms with Crippen molar-refractivity contribution in [2.75, 3.05) is 13.1 Å². The van der Waals surface area contributed by atoms with E-state index in [-0.39, 0.29) is 12.0 Å². The maximum Gasteiger partial charge on any atom is 0.252 e. The quantitative estimate of drug-likeness (QED) is 0.799. The van der Waals surface area contributed by atoms with E-state index < -0.39 is 0 Å². The van der Waals surface area contributed by atoms with Gasteiger partial charge in [-0.05, 0) is 37.3 Å².